The van der Waals surface area contributed by atoms with Crippen molar-refractivity contribution in [2.75, 3.05) is 7.11 Å². The Bertz CT molecular complexity index is 1050. The predicted molar refractivity (Wildman–Crippen MR) is 104 cm³/mol. The molecular weight excluding hydrogens is 372 g/mol. The maximum atomic E-state index is 13.2. The quantitative estimate of drug-likeness (QED) is 0.384. The van der Waals surface area contributed by atoms with Crippen molar-refractivity contribution in [3.63, 3.8) is 0 Å². The average molecular weight is 389 g/mol. The molecule has 7 heteroatoms. The van der Waals surface area contributed by atoms with Crippen molar-refractivity contribution in [2.45, 2.75) is 24.3 Å². The van der Waals surface area contributed by atoms with Gasteiger partial charge in [0, 0.05) is 5.02 Å². The molecule has 0 aliphatic carbocycles. The Morgan fingerprint density at radius 1 is 1.27 bits per heavy atom. The van der Waals surface area contributed by atoms with Crippen molar-refractivity contribution in [1.29, 1.82) is 0 Å². The van der Waals surface area contributed by atoms with Crippen molar-refractivity contribution in [3.05, 3.63) is 63.4 Å². The van der Waals surface area contributed by atoms with E-state index in [0.717, 1.165) is 11.3 Å². The Labute approximate surface area is 160 Å². The van der Waals surface area contributed by atoms with Crippen molar-refractivity contribution in [3.8, 4) is 5.69 Å². The highest BCUT2D eigenvalue weighted by Crippen LogP contribution is 2.27. The largest absolute Gasteiger partial charge is 0.468 e. The number of esters is 1. The molecule has 3 rings (SSSR count). The lowest BCUT2D eigenvalue weighted by Gasteiger charge is -2.17. The minimum atomic E-state index is -0.515. The monoisotopic (exact) mass is 388 g/mol. The second-order valence-electron chi connectivity index (χ2n) is 5.77. The smallest absolute Gasteiger partial charge is 0.318 e. The van der Waals surface area contributed by atoms with Crippen LogP contribution in [0.25, 0.3) is 16.6 Å². The number of halogens is 1. The third-order valence-electron chi connectivity index (χ3n) is 3.97. The first-order valence-electron chi connectivity index (χ1n) is 7.95. The minimum absolute atomic E-state index is 0.208. The van der Waals surface area contributed by atoms with E-state index in [1.807, 2.05) is 31.2 Å². The van der Waals surface area contributed by atoms with Crippen molar-refractivity contribution >= 4 is 40.2 Å². The Hall–Kier alpha value is -2.31. The summed E-state index contributed by atoms with van der Waals surface area (Å²) in [7, 11) is 1.33. The van der Waals surface area contributed by atoms with Gasteiger partial charge in [0.25, 0.3) is 5.56 Å². The normalized spacial score (nSPS) is 12.2. The van der Waals surface area contributed by atoms with E-state index in [-0.39, 0.29) is 11.5 Å². The summed E-state index contributed by atoms with van der Waals surface area (Å²) in [6.07, 6.45) is 0. The van der Waals surface area contributed by atoms with Gasteiger partial charge < -0.3 is 4.74 Å². The Morgan fingerprint density at radius 2 is 2.00 bits per heavy atom. The van der Waals surface area contributed by atoms with Gasteiger partial charge in [-0.25, -0.2) is 4.98 Å². The van der Waals surface area contributed by atoms with Gasteiger partial charge in [0.15, 0.2) is 5.16 Å². The molecule has 0 bridgehead atoms. The number of thioether (sulfide) groups is 1. The summed E-state index contributed by atoms with van der Waals surface area (Å²) in [6.45, 7) is 3.64. The second-order valence-corrected chi connectivity index (χ2v) is 7.51. The maximum Gasteiger partial charge on any atom is 0.318 e. The van der Waals surface area contributed by atoms with E-state index in [9.17, 15) is 9.59 Å². The Balaban J connectivity index is 2.29. The second kappa shape index (κ2) is 7.51. The van der Waals surface area contributed by atoms with Crippen LogP contribution < -0.4 is 5.56 Å². The van der Waals surface area contributed by atoms with E-state index in [1.165, 1.54) is 23.4 Å². The highest BCUT2D eigenvalue weighted by atomic mass is 35.5. The summed E-state index contributed by atoms with van der Waals surface area (Å²) in [5.74, 6) is -0.383. The number of aryl methyl sites for hydroxylation is 1. The molecule has 0 N–H and O–H groups in total. The summed E-state index contributed by atoms with van der Waals surface area (Å²) in [6, 6.07) is 12.5. The van der Waals surface area contributed by atoms with Gasteiger partial charge in [0.1, 0.15) is 5.25 Å². The summed E-state index contributed by atoms with van der Waals surface area (Å²) < 4.78 is 6.33. The van der Waals surface area contributed by atoms with Crippen LogP contribution in [0.1, 0.15) is 12.5 Å². The summed E-state index contributed by atoms with van der Waals surface area (Å²) >= 11 is 7.23. The lowest BCUT2D eigenvalue weighted by Crippen LogP contribution is -2.24. The number of para-hydroxylation sites is 1. The van der Waals surface area contributed by atoms with E-state index in [2.05, 4.69) is 4.98 Å². The molecule has 0 spiro atoms. The highest BCUT2D eigenvalue weighted by molar-refractivity contribution is 8.00. The van der Waals surface area contributed by atoms with Crippen LogP contribution >= 0.6 is 23.4 Å². The van der Waals surface area contributed by atoms with Gasteiger partial charge in [-0.3, -0.25) is 14.2 Å². The number of hydrogen-bond donors (Lipinski definition) is 0. The van der Waals surface area contributed by atoms with Crippen LogP contribution in [-0.2, 0) is 9.53 Å². The van der Waals surface area contributed by atoms with Crippen molar-refractivity contribution in [1.82, 2.24) is 9.55 Å². The minimum Gasteiger partial charge on any atom is -0.468 e. The number of rotatable bonds is 4. The van der Waals surface area contributed by atoms with Crippen LogP contribution in [0.5, 0.6) is 0 Å². The first-order chi connectivity index (χ1) is 12.4. The number of carbonyl (C=O) groups is 1. The molecule has 26 heavy (non-hydrogen) atoms. The van der Waals surface area contributed by atoms with E-state index in [4.69, 9.17) is 16.3 Å². The van der Waals surface area contributed by atoms with Crippen LogP contribution in [0.15, 0.2) is 52.4 Å². The third kappa shape index (κ3) is 3.48. The molecule has 0 aliphatic heterocycles. The van der Waals surface area contributed by atoms with Crippen molar-refractivity contribution < 1.29 is 9.53 Å². The SMILES string of the molecule is COC(=O)[C@H](C)Sc1nc2cc(Cl)ccc2c(=O)n1-c1ccccc1C. The number of methoxy groups -OCH3 is 1. The van der Waals surface area contributed by atoms with E-state index in [0.29, 0.717) is 21.1 Å². The van der Waals surface area contributed by atoms with Gasteiger partial charge in [-0.2, -0.15) is 0 Å². The Kier molecular flexibility index (Phi) is 5.34. The number of hydrogen-bond acceptors (Lipinski definition) is 5. The molecular formula is C19H17ClN2O3S. The average Bonchev–Trinajstić information content (AvgIpc) is 2.62. The first kappa shape index (κ1) is 18.5. The molecule has 0 saturated carbocycles. The predicted octanol–water partition coefficient (Wildman–Crippen LogP) is 4.00. The summed E-state index contributed by atoms with van der Waals surface area (Å²) in [4.78, 5) is 29.6. The lowest BCUT2D eigenvalue weighted by atomic mass is 10.2. The molecule has 0 fully saturated rings. The molecule has 1 heterocycles. The van der Waals surface area contributed by atoms with Gasteiger partial charge in [-0.1, -0.05) is 41.6 Å². The highest BCUT2D eigenvalue weighted by Gasteiger charge is 2.21. The van der Waals surface area contributed by atoms with Crippen LogP contribution in [0.3, 0.4) is 0 Å². The van der Waals surface area contributed by atoms with Crippen LogP contribution in [0.4, 0.5) is 0 Å². The fourth-order valence-corrected chi connectivity index (χ4v) is 3.73. The van der Waals surface area contributed by atoms with Crippen molar-refractivity contribution in [2.24, 2.45) is 0 Å². The summed E-state index contributed by atoms with van der Waals surface area (Å²) in [5.41, 5.74) is 1.94. The van der Waals surface area contributed by atoms with Crippen LogP contribution in [-0.4, -0.2) is 27.9 Å². The molecule has 0 aliphatic rings. The zero-order valence-corrected chi connectivity index (χ0v) is 16.1. The molecule has 134 valence electrons. The number of benzene rings is 2. The van der Waals surface area contributed by atoms with Crippen LogP contribution in [0, 0.1) is 6.92 Å². The molecule has 0 radical (unpaired) electrons. The molecule has 3 aromatic rings. The van der Waals surface area contributed by atoms with Gasteiger partial charge in [-0.15, -0.1) is 0 Å². The van der Waals surface area contributed by atoms with Gasteiger partial charge in [0.05, 0.1) is 23.7 Å². The molecule has 1 atom stereocenters. The zero-order valence-electron chi connectivity index (χ0n) is 14.5. The fraction of sp³-hybridized carbons (Fsp3) is 0.211. The van der Waals surface area contributed by atoms with Gasteiger partial charge in [0.2, 0.25) is 0 Å². The molecule has 2 aromatic carbocycles. The van der Waals surface area contributed by atoms with Gasteiger partial charge >= 0.3 is 5.97 Å². The van der Waals surface area contributed by atoms with Gasteiger partial charge in [-0.05, 0) is 43.7 Å². The first-order valence-corrected chi connectivity index (χ1v) is 9.21. The number of fused-ring (bicyclic) bond motifs is 1. The topological polar surface area (TPSA) is 61.2 Å². The molecule has 1 aromatic heterocycles. The van der Waals surface area contributed by atoms with Crippen LogP contribution in [0.2, 0.25) is 5.02 Å². The standard InChI is InChI=1S/C19H17ClN2O3S/c1-11-6-4-5-7-16(11)22-17(23)14-9-8-13(20)10-15(14)21-19(22)26-12(2)18(24)25-3/h4-10,12H,1-3H3/t12-/m0/s1. The fourth-order valence-electron chi connectivity index (χ4n) is 2.62. The zero-order chi connectivity index (χ0) is 18.8. The van der Waals surface area contributed by atoms with E-state index in [1.54, 1.807) is 25.1 Å². The maximum absolute atomic E-state index is 13.2. The third-order valence-corrected chi connectivity index (χ3v) is 5.24. The molecule has 0 saturated heterocycles. The number of ether oxygens (including phenoxy) is 1. The molecule has 0 unspecified atom stereocenters. The number of carbonyl (C=O) groups excluding carboxylic acids is 1. The van der Waals surface area contributed by atoms with E-state index >= 15 is 0 Å². The number of nitrogens with zero attached hydrogens (tertiary/aromatic N) is 2. The number of aromatic nitrogens is 2. The lowest BCUT2D eigenvalue weighted by molar-refractivity contribution is -0.139. The Morgan fingerprint density at radius 3 is 2.69 bits per heavy atom. The molecule has 5 nitrogen and oxygen atoms in total. The molecule has 0 amide bonds. The van der Waals surface area contributed by atoms with E-state index < -0.39 is 5.25 Å². The summed E-state index contributed by atoms with van der Waals surface area (Å²) in [5, 5.41) is 0.860.